The first-order chi connectivity index (χ1) is 11.7. The average Bonchev–Trinajstić information content (AvgIpc) is 2.61. The van der Waals surface area contributed by atoms with Crippen molar-refractivity contribution in [3.63, 3.8) is 0 Å². The SMILES string of the molecule is COc1ccc(CN(CCCCO)c2ccc(C#N)cc2)cc1F. The van der Waals surface area contributed by atoms with Crippen LogP contribution in [0.15, 0.2) is 42.5 Å². The molecule has 2 aromatic rings. The summed E-state index contributed by atoms with van der Waals surface area (Å²) in [5, 5.41) is 17.9. The van der Waals surface area contributed by atoms with Crippen LogP contribution in [0, 0.1) is 17.1 Å². The van der Waals surface area contributed by atoms with Gasteiger partial charge in [-0.05, 0) is 54.8 Å². The van der Waals surface area contributed by atoms with Gasteiger partial charge in [-0.2, -0.15) is 5.26 Å². The minimum atomic E-state index is -0.384. The van der Waals surface area contributed by atoms with Gasteiger partial charge in [0.25, 0.3) is 0 Å². The highest BCUT2D eigenvalue weighted by atomic mass is 19.1. The van der Waals surface area contributed by atoms with Crippen LogP contribution in [0.25, 0.3) is 0 Å². The molecule has 1 N–H and O–H groups in total. The number of hydrogen-bond acceptors (Lipinski definition) is 4. The van der Waals surface area contributed by atoms with Gasteiger partial charge >= 0.3 is 0 Å². The van der Waals surface area contributed by atoms with Crippen molar-refractivity contribution in [3.8, 4) is 11.8 Å². The van der Waals surface area contributed by atoms with E-state index in [0.29, 0.717) is 18.5 Å². The molecular weight excluding hydrogens is 307 g/mol. The highest BCUT2D eigenvalue weighted by Gasteiger charge is 2.10. The molecule has 0 aliphatic carbocycles. The Morgan fingerprint density at radius 3 is 2.50 bits per heavy atom. The van der Waals surface area contributed by atoms with Crippen LogP contribution in [-0.2, 0) is 6.54 Å². The number of hydrogen-bond donors (Lipinski definition) is 1. The number of ether oxygens (including phenoxy) is 1. The number of rotatable bonds is 8. The fourth-order valence-corrected chi connectivity index (χ4v) is 2.49. The van der Waals surface area contributed by atoms with Crippen LogP contribution in [0.5, 0.6) is 5.75 Å². The molecule has 0 fully saturated rings. The van der Waals surface area contributed by atoms with Gasteiger partial charge in [0, 0.05) is 25.4 Å². The van der Waals surface area contributed by atoms with E-state index in [2.05, 4.69) is 11.0 Å². The predicted octanol–water partition coefficient (Wildman–Crippen LogP) is 3.49. The van der Waals surface area contributed by atoms with Crippen molar-refractivity contribution < 1.29 is 14.2 Å². The van der Waals surface area contributed by atoms with Crippen LogP contribution in [0.4, 0.5) is 10.1 Å². The Labute approximate surface area is 141 Å². The lowest BCUT2D eigenvalue weighted by molar-refractivity contribution is 0.285. The number of anilines is 1. The average molecular weight is 328 g/mol. The first-order valence-electron chi connectivity index (χ1n) is 7.86. The second-order valence-electron chi connectivity index (χ2n) is 5.48. The summed E-state index contributed by atoms with van der Waals surface area (Å²) in [4.78, 5) is 2.11. The molecule has 0 spiro atoms. The van der Waals surface area contributed by atoms with Crippen molar-refractivity contribution in [2.24, 2.45) is 0 Å². The lowest BCUT2D eigenvalue weighted by Gasteiger charge is -2.25. The van der Waals surface area contributed by atoms with E-state index in [1.165, 1.54) is 13.2 Å². The molecule has 0 bridgehead atoms. The van der Waals surface area contributed by atoms with Crippen LogP contribution in [0.1, 0.15) is 24.0 Å². The van der Waals surface area contributed by atoms with Gasteiger partial charge in [0.2, 0.25) is 0 Å². The summed E-state index contributed by atoms with van der Waals surface area (Å²) in [7, 11) is 1.44. The maximum atomic E-state index is 13.9. The van der Waals surface area contributed by atoms with Crippen LogP contribution >= 0.6 is 0 Å². The Bertz CT molecular complexity index is 696. The molecule has 0 amide bonds. The molecule has 2 aromatic carbocycles. The smallest absolute Gasteiger partial charge is 0.165 e. The first kappa shape index (κ1) is 17.8. The van der Waals surface area contributed by atoms with E-state index in [1.54, 1.807) is 18.2 Å². The zero-order valence-electron chi connectivity index (χ0n) is 13.7. The standard InChI is InChI=1S/C19H21FN2O2/c1-24-19-9-6-16(12-18(19)20)14-22(10-2-3-11-23)17-7-4-15(13-21)5-8-17/h4-9,12,23H,2-3,10-11,14H2,1H3. The highest BCUT2D eigenvalue weighted by Crippen LogP contribution is 2.22. The molecule has 5 heteroatoms. The van der Waals surface area contributed by atoms with Crippen molar-refractivity contribution in [2.75, 3.05) is 25.2 Å². The molecule has 0 radical (unpaired) electrons. The van der Waals surface area contributed by atoms with Crippen LogP contribution in [-0.4, -0.2) is 25.4 Å². The molecule has 126 valence electrons. The van der Waals surface area contributed by atoms with Gasteiger partial charge in [-0.25, -0.2) is 4.39 Å². The van der Waals surface area contributed by atoms with Crippen molar-refractivity contribution in [1.82, 2.24) is 0 Å². The third-order valence-electron chi connectivity index (χ3n) is 3.79. The second-order valence-corrected chi connectivity index (χ2v) is 5.48. The zero-order valence-corrected chi connectivity index (χ0v) is 13.7. The zero-order chi connectivity index (χ0) is 17.4. The molecule has 0 unspecified atom stereocenters. The third kappa shape index (κ3) is 4.71. The Balaban J connectivity index is 2.18. The molecule has 0 heterocycles. The maximum absolute atomic E-state index is 13.9. The van der Waals surface area contributed by atoms with E-state index in [1.807, 2.05) is 18.2 Å². The van der Waals surface area contributed by atoms with Crippen molar-refractivity contribution in [2.45, 2.75) is 19.4 Å². The van der Waals surface area contributed by atoms with Crippen molar-refractivity contribution in [3.05, 3.63) is 59.4 Å². The lowest BCUT2D eigenvalue weighted by Crippen LogP contribution is -2.24. The number of nitrogens with zero attached hydrogens (tertiary/aromatic N) is 2. The fraction of sp³-hybridized carbons (Fsp3) is 0.316. The minimum absolute atomic E-state index is 0.151. The largest absolute Gasteiger partial charge is 0.494 e. The molecule has 0 atom stereocenters. The van der Waals surface area contributed by atoms with E-state index in [9.17, 15) is 4.39 Å². The Morgan fingerprint density at radius 1 is 1.17 bits per heavy atom. The van der Waals surface area contributed by atoms with Gasteiger partial charge in [-0.15, -0.1) is 0 Å². The number of benzene rings is 2. The summed E-state index contributed by atoms with van der Waals surface area (Å²) in [6.45, 7) is 1.43. The van der Waals surface area contributed by atoms with E-state index in [-0.39, 0.29) is 18.2 Å². The Kier molecular flexibility index (Phi) is 6.59. The minimum Gasteiger partial charge on any atom is -0.494 e. The summed E-state index contributed by atoms with van der Waals surface area (Å²) in [5.41, 5.74) is 2.40. The van der Waals surface area contributed by atoms with Crippen LogP contribution in [0.3, 0.4) is 0 Å². The topological polar surface area (TPSA) is 56.5 Å². The molecular formula is C19H21FN2O2. The highest BCUT2D eigenvalue weighted by molar-refractivity contribution is 5.50. The number of unbranched alkanes of at least 4 members (excludes halogenated alkanes) is 1. The Hall–Kier alpha value is -2.58. The number of aliphatic hydroxyl groups is 1. The monoisotopic (exact) mass is 328 g/mol. The Morgan fingerprint density at radius 2 is 1.92 bits per heavy atom. The van der Waals surface area contributed by atoms with Crippen molar-refractivity contribution in [1.29, 1.82) is 5.26 Å². The molecule has 0 aliphatic rings. The summed E-state index contributed by atoms with van der Waals surface area (Å²) >= 11 is 0. The number of methoxy groups -OCH3 is 1. The molecule has 2 rings (SSSR count). The molecule has 0 aromatic heterocycles. The van der Waals surface area contributed by atoms with Gasteiger partial charge in [-0.1, -0.05) is 6.07 Å². The first-order valence-corrected chi connectivity index (χ1v) is 7.86. The number of aliphatic hydroxyl groups excluding tert-OH is 1. The summed E-state index contributed by atoms with van der Waals surface area (Å²) in [5.74, 6) is -0.158. The van der Waals surface area contributed by atoms with Gasteiger partial charge < -0.3 is 14.7 Å². The maximum Gasteiger partial charge on any atom is 0.165 e. The van der Waals surface area contributed by atoms with E-state index >= 15 is 0 Å². The van der Waals surface area contributed by atoms with E-state index < -0.39 is 0 Å². The number of halogens is 1. The molecule has 4 nitrogen and oxygen atoms in total. The van der Waals surface area contributed by atoms with E-state index in [0.717, 1.165) is 24.2 Å². The quantitative estimate of drug-likeness (QED) is 0.754. The normalized spacial score (nSPS) is 10.2. The fourth-order valence-electron chi connectivity index (χ4n) is 2.49. The van der Waals surface area contributed by atoms with Gasteiger partial charge in [0.15, 0.2) is 11.6 Å². The van der Waals surface area contributed by atoms with Crippen molar-refractivity contribution >= 4 is 5.69 Å². The lowest BCUT2D eigenvalue weighted by atomic mass is 10.1. The molecule has 0 saturated carbocycles. The van der Waals surface area contributed by atoms with Crippen LogP contribution < -0.4 is 9.64 Å². The van der Waals surface area contributed by atoms with E-state index in [4.69, 9.17) is 15.1 Å². The second kappa shape index (κ2) is 8.90. The molecule has 24 heavy (non-hydrogen) atoms. The molecule has 0 saturated heterocycles. The number of nitriles is 1. The third-order valence-corrected chi connectivity index (χ3v) is 3.79. The molecule has 0 aliphatic heterocycles. The van der Waals surface area contributed by atoms with Gasteiger partial charge in [0.1, 0.15) is 0 Å². The van der Waals surface area contributed by atoms with Gasteiger partial charge in [0.05, 0.1) is 18.7 Å². The van der Waals surface area contributed by atoms with Crippen LogP contribution in [0.2, 0.25) is 0 Å². The predicted molar refractivity (Wildman–Crippen MR) is 91.5 cm³/mol. The summed E-state index contributed by atoms with van der Waals surface area (Å²) in [6, 6.07) is 14.3. The van der Waals surface area contributed by atoms with Gasteiger partial charge in [-0.3, -0.25) is 0 Å². The summed E-state index contributed by atoms with van der Waals surface area (Å²) in [6.07, 6.45) is 1.54. The summed E-state index contributed by atoms with van der Waals surface area (Å²) < 4.78 is 18.8.